The van der Waals surface area contributed by atoms with Gasteiger partial charge in [-0.25, -0.2) is 4.79 Å². The van der Waals surface area contributed by atoms with Crippen LogP contribution in [0.2, 0.25) is 0 Å². The molecule has 2 aliphatic heterocycles. The van der Waals surface area contributed by atoms with Crippen molar-refractivity contribution < 1.29 is 22.8 Å². The van der Waals surface area contributed by atoms with Gasteiger partial charge in [0.05, 0.1) is 46.7 Å². The van der Waals surface area contributed by atoms with Crippen LogP contribution < -0.4 is 14.9 Å². The molecule has 0 saturated heterocycles. The summed E-state index contributed by atoms with van der Waals surface area (Å²) >= 11 is 1.45. The zero-order chi connectivity index (χ0) is 27.7. The Morgan fingerprint density at radius 3 is 2.44 bits per heavy atom. The van der Waals surface area contributed by atoms with E-state index in [0.717, 1.165) is 27.5 Å². The quantitative estimate of drug-likeness (QED) is 0.404. The summed E-state index contributed by atoms with van der Waals surface area (Å²) in [5.41, 5.74) is 1.57. The number of alkyl halides is 3. The minimum absolute atomic E-state index is 0.0104. The lowest BCUT2D eigenvalue weighted by Gasteiger charge is -2.33. The van der Waals surface area contributed by atoms with Crippen LogP contribution in [0.3, 0.4) is 0 Å². The van der Waals surface area contributed by atoms with E-state index >= 15 is 0 Å². The maximum atomic E-state index is 13.8. The first-order valence-corrected chi connectivity index (χ1v) is 12.7. The van der Waals surface area contributed by atoms with Crippen molar-refractivity contribution in [3.05, 3.63) is 106 Å². The van der Waals surface area contributed by atoms with Crippen LogP contribution in [0.4, 0.5) is 23.7 Å². The number of nitrogens with zero attached hydrogens (tertiary/aromatic N) is 3. The number of halogens is 3. The summed E-state index contributed by atoms with van der Waals surface area (Å²) in [7, 11) is 1.81. The highest BCUT2D eigenvalue weighted by molar-refractivity contribution is 7.97. The van der Waals surface area contributed by atoms with E-state index in [0.29, 0.717) is 16.8 Å². The van der Waals surface area contributed by atoms with Crippen LogP contribution in [0.25, 0.3) is 0 Å². The van der Waals surface area contributed by atoms with Gasteiger partial charge in [-0.2, -0.15) is 18.4 Å². The predicted octanol–water partition coefficient (Wildman–Crippen LogP) is 5.37. The fourth-order valence-electron chi connectivity index (χ4n) is 4.72. The van der Waals surface area contributed by atoms with Gasteiger partial charge in [-0.1, -0.05) is 30.3 Å². The lowest BCUT2D eigenvalue weighted by atomic mass is 9.94. The SMILES string of the molecule is CNSc1ccc(CN2CC3=C(C2=O)C(c2ccc(C#N)cc2)NC(=O)N3c2cccc(C(F)(F)F)c2)cc1. The first kappa shape index (κ1) is 26.3. The van der Waals surface area contributed by atoms with Crippen molar-refractivity contribution in [2.45, 2.75) is 23.7 Å². The van der Waals surface area contributed by atoms with E-state index in [1.54, 1.807) is 29.2 Å². The molecule has 1 unspecified atom stereocenters. The Bertz CT molecular complexity index is 1500. The molecule has 1 atom stereocenters. The molecule has 198 valence electrons. The van der Waals surface area contributed by atoms with Crippen molar-refractivity contribution in [1.82, 2.24) is 14.9 Å². The van der Waals surface area contributed by atoms with Gasteiger partial charge in [0.25, 0.3) is 5.91 Å². The molecule has 0 spiro atoms. The third-order valence-corrected chi connectivity index (χ3v) is 7.23. The van der Waals surface area contributed by atoms with E-state index in [9.17, 15) is 22.8 Å². The third-order valence-electron chi connectivity index (χ3n) is 6.52. The maximum Gasteiger partial charge on any atom is 0.416 e. The number of hydrogen-bond acceptors (Lipinski definition) is 5. The second kappa shape index (κ2) is 10.5. The van der Waals surface area contributed by atoms with Crippen LogP contribution in [0.1, 0.15) is 28.3 Å². The molecule has 7 nitrogen and oxygen atoms in total. The number of amides is 3. The molecule has 39 heavy (non-hydrogen) atoms. The number of hydrogen-bond donors (Lipinski definition) is 2. The summed E-state index contributed by atoms with van der Waals surface area (Å²) in [4.78, 5) is 30.9. The molecule has 0 saturated carbocycles. The second-order valence-corrected chi connectivity index (χ2v) is 10.1. The van der Waals surface area contributed by atoms with Crippen molar-refractivity contribution in [2.75, 3.05) is 18.5 Å². The van der Waals surface area contributed by atoms with Gasteiger partial charge in [0, 0.05) is 11.4 Å². The number of anilines is 1. The molecule has 3 aromatic rings. The van der Waals surface area contributed by atoms with Crippen LogP contribution in [0.5, 0.6) is 0 Å². The van der Waals surface area contributed by atoms with Crippen LogP contribution in [0.15, 0.2) is 89.0 Å². The summed E-state index contributed by atoms with van der Waals surface area (Å²) in [5.74, 6) is -0.329. The third kappa shape index (κ3) is 5.21. The standard InChI is InChI=1S/C28H22F3N5O2S/c1-33-39-22-11-7-18(8-12-22)15-35-16-23-24(26(35)37)25(19-9-5-17(14-32)6-10-19)34-27(38)36(23)21-4-2-3-20(13-21)28(29,30)31/h2-13,25,33H,15-16H2,1H3,(H,34,38). The zero-order valence-corrected chi connectivity index (χ0v) is 21.4. The maximum absolute atomic E-state index is 13.8. The molecule has 0 fully saturated rings. The van der Waals surface area contributed by atoms with Crippen molar-refractivity contribution in [3.8, 4) is 6.07 Å². The molecule has 3 aromatic carbocycles. The van der Waals surface area contributed by atoms with Gasteiger partial charge >= 0.3 is 12.2 Å². The Hall–Kier alpha value is -4.27. The van der Waals surface area contributed by atoms with Gasteiger partial charge in [0.15, 0.2) is 0 Å². The molecular weight excluding hydrogens is 527 g/mol. The molecule has 2 aliphatic rings. The topological polar surface area (TPSA) is 88.5 Å². The summed E-state index contributed by atoms with van der Waals surface area (Å²) in [6.45, 7) is 0.290. The normalized spacial score (nSPS) is 17.3. The Morgan fingerprint density at radius 1 is 1.08 bits per heavy atom. The average Bonchev–Trinajstić information content (AvgIpc) is 3.24. The minimum atomic E-state index is -4.60. The van der Waals surface area contributed by atoms with Crippen LogP contribution in [-0.4, -0.2) is 30.4 Å². The molecule has 2 heterocycles. The number of carbonyl (C=O) groups is 2. The highest BCUT2D eigenvalue weighted by atomic mass is 32.2. The first-order chi connectivity index (χ1) is 18.7. The molecule has 0 aliphatic carbocycles. The molecule has 0 radical (unpaired) electrons. The highest BCUT2D eigenvalue weighted by Gasteiger charge is 2.45. The van der Waals surface area contributed by atoms with Gasteiger partial charge in [-0.3, -0.25) is 14.4 Å². The van der Waals surface area contributed by atoms with Crippen LogP contribution >= 0.6 is 11.9 Å². The van der Waals surface area contributed by atoms with Crippen molar-refractivity contribution >= 4 is 29.6 Å². The summed E-state index contributed by atoms with van der Waals surface area (Å²) < 4.78 is 43.4. The van der Waals surface area contributed by atoms with Gasteiger partial charge in [-0.15, -0.1) is 0 Å². The van der Waals surface area contributed by atoms with Gasteiger partial charge in [0.2, 0.25) is 0 Å². The molecule has 0 bridgehead atoms. The van der Waals surface area contributed by atoms with E-state index in [2.05, 4.69) is 10.0 Å². The second-order valence-electron chi connectivity index (χ2n) is 8.97. The van der Waals surface area contributed by atoms with E-state index < -0.39 is 23.8 Å². The molecular formula is C28H22F3N5O2S. The Kier molecular flexibility index (Phi) is 7.08. The van der Waals surface area contributed by atoms with Crippen LogP contribution in [0, 0.1) is 11.3 Å². The minimum Gasteiger partial charge on any atom is -0.329 e. The summed E-state index contributed by atoms with van der Waals surface area (Å²) in [5, 5.41) is 11.9. The Balaban J connectivity index is 1.54. The zero-order valence-electron chi connectivity index (χ0n) is 20.6. The highest BCUT2D eigenvalue weighted by Crippen LogP contribution is 2.40. The number of nitrogens with one attached hydrogen (secondary N) is 2. The summed E-state index contributed by atoms with van der Waals surface area (Å²) in [6.07, 6.45) is -4.60. The van der Waals surface area contributed by atoms with Crippen molar-refractivity contribution in [1.29, 1.82) is 5.26 Å². The molecule has 3 amide bonds. The fraction of sp³-hybridized carbons (Fsp3) is 0.179. The number of carbonyl (C=O) groups excluding carboxylic acids is 2. The van der Waals surface area contributed by atoms with E-state index in [4.69, 9.17) is 5.26 Å². The number of rotatable bonds is 6. The fourth-order valence-corrected chi connectivity index (χ4v) is 5.23. The first-order valence-electron chi connectivity index (χ1n) is 11.9. The predicted molar refractivity (Wildman–Crippen MR) is 140 cm³/mol. The number of urea groups is 1. The lowest BCUT2D eigenvalue weighted by molar-refractivity contribution is -0.137. The van der Waals surface area contributed by atoms with Crippen molar-refractivity contribution in [3.63, 3.8) is 0 Å². The summed E-state index contributed by atoms with van der Waals surface area (Å²) in [6, 6.07) is 19.2. The van der Waals surface area contributed by atoms with Gasteiger partial charge in [-0.05, 0) is 72.6 Å². The Morgan fingerprint density at radius 2 is 1.79 bits per heavy atom. The largest absolute Gasteiger partial charge is 0.416 e. The molecule has 2 N–H and O–H groups in total. The van der Waals surface area contributed by atoms with E-state index in [1.807, 2.05) is 37.4 Å². The van der Waals surface area contributed by atoms with Crippen LogP contribution in [-0.2, 0) is 17.5 Å². The smallest absolute Gasteiger partial charge is 0.329 e. The van der Waals surface area contributed by atoms with E-state index in [-0.39, 0.29) is 30.3 Å². The molecule has 5 rings (SSSR count). The van der Waals surface area contributed by atoms with E-state index in [1.165, 1.54) is 24.1 Å². The monoisotopic (exact) mass is 549 g/mol. The number of nitriles is 1. The Labute approximate surface area is 227 Å². The molecule has 11 heteroatoms. The average molecular weight is 550 g/mol. The molecule has 0 aromatic heterocycles. The number of benzene rings is 3. The van der Waals surface area contributed by atoms with Crippen molar-refractivity contribution in [2.24, 2.45) is 0 Å². The van der Waals surface area contributed by atoms with Gasteiger partial charge in [0.1, 0.15) is 0 Å². The van der Waals surface area contributed by atoms with Gasteiger partial charge < -0.3 is 10.2 Å². The lowest BCUT2D eigenvalue weighted by Crippen LogP contribution is -2.47.